The van der Waals surface area contributed by atoms with E-state index >= 15 is 0 Å². The van der Waals surface area contributed by atoms with E-state index in [0.717, 1.165) is 42.9 Å². The van der Waals surface area contributed by atoms with Gasteiger partial charge < -0.3 is 34.4 Å². The highest BCUT2D eigenvalue weighted by molar-refractivity contribution is 5.78. The zero-order valence-corrected chi connectivity index (χ0v) is 24.8. The van der Waals surface area contributed by atoms with Crippen molar-refractivity contribution in [3.8, 4) is 23.0 Å². The van der Waals surface area contributed by atoms with Gasteiger partial charge in [-0.3, -0.25) is 4.79 Å². The van der Waals surface area contributed by atoms with Gasteiger partial charge in [0.1, 0.15) is 29.4 Å². The topological polar surface area (TPSA) is 137 Å². The van der Waals surface area contributed by atoms with Gasteiger partial charge in [-0.1, -0.05) is 12.1 Å². The van der Waals surface area contributed by atoms with Gasteiger partial charge in [0, 0.05) is 31.5 Å². The van der Waals surface area contributed by atoms with Crippen LogP contribution in [0, 0.1) is 6.92 Å². The molecule has 0 radical (unpaired) electrons. The summed E-state index contributed by atoms with van der Waals surface area (Å²) in [5.74, 6) is 1.04. The summed E-state index contributed by atoms with van der Waals surface area (Å²) in [6, 6.07) is 11.9. The molecule has 1 fully saturated rings. The third-order valence-electron chi connectivity index (χ3n) is 7.22. The third kappa shape index (κ3) is 8.56. The van der Waals surface area contributed by atoms with Crippen molar-refractivity contribution in [1.29, 1.82) is 0 Å². The number of carboxylic acid groups (broad SMARTS) is 1. The number of piperidine rings is 1. The summed E-state index contributed by atoms with van der Waals surface area (Å²) >= 11 is 0. The van der Waals surface area contributed by atoms with Crippen molar-refractivity contribution in [3.05, 3.63) is 65.0 Å². The molecular weight excluding hydrogens is 538 g/mol. The average Bonchev–Trinajstić information content (AvgIpc) is 3.33. The highest BCUT2D eigenvalue weighted by atomic mass is 16.5. The minimum absolute atomic E-state index is 0.0832. The van der Waals surface area contributed by atoms with E-state index in [0.29, 0.717) is 41.6 Å². The summed E-state index contributed by atoms with van der Waals surface area (Å²) in [5.41, 5.74) is 9.00. The standard InChI is InChI=1S/C32H41N3O7/c1-20(2)40-32(38)30(33)27-19-25(10-8-22(27)9-11-29(36)37)39-17-14-28-21(3)41-31(34-28)23-6-5-7-26(18-23)42-24-12-15-35(4)16-13-24/h5-8,10,18-20,24,30H,9,11-17,33H2,1-4H3,(H,36,37). The number of oxazole rings is 1. The molecule has 2 heterocycles. The maximum absolute atomic E-state index is 12.5. The fourth-order valence-electron chi connectivity index (χ4n) is 4.90. The van der Waals surface area contributed by atoms with Crippen LogP contribution in [0.1, 0.15) is 61.7 Å². The van der Waals surface area contributed by atoms with E-state index in [4.69, 9.17) is 34.5 Å². The number of rotatable bonds is 13. The van der Waals surface area contributed by atoms with E-state index in [1.54, 1.807) is 32.0 Å². The van der Waals surface area contributed by atoms with E-state index in [2.05, 4.69) is 11.9 Å². The van der Waals surface area contributed by atoms with Gasteiger partial charge >= 0.3 is 11.9 Å². The number of nitrogens with two attached hydrogens (primary N) is 1. The van der Waals surface area contributed by atoms with Crippen LogP contribution < -0.4 is 15.2 Å². The molecule has 226 valence electrons. The van der Waals surface area contributed by atoms with Crippen LogP contribution in [-0.2, 0) is 27.2 Å². The second-order valence-corrected chi connectivity index (χ2v) is 11.0. The molecule has 0 aliphatic carbocycles. The first-order valence-corrected chi connectivity index (χ1v) is 14.4. The number of hydrogen-bond acceptors (Lipinski definition) is 9. The van der Waals surface area contributed by atoms with Crippen molar-refractivity contribution in [2.45, 2.75) is 71.1 Å². The Kier molecular flexibility index (Phi) is 10.6. The first-order chi connectivity index (χ1) is 20.1. The van der Waals surface area contributed by atoms with Crippen LogP contribution in [0.5, 0.6) is 11.5 Å². The van der Waals surface area contributed by atoms with Crippen molar-refractivity contribution in [1.82, 2.24) is 9.88 Å². The van der Waals surface area contributed by atoms with Crippen molar-refractivity contribution in [2.75, 3.05) is 26.7 Å². The molecule has 1 aliphatic rings. The van der Waals surface area contributed by atoms with Crippen LogP contribution in [0.15, 0.2) is 46.9 Å². The molecule has 42 heavy (non-hydrogen) atoms. The van der Waals surface area contributed by atoms with Crippen LogP contribution in [0.2, 0.25) is 0 Å². The van der Waals surface area contributed by atoms with E-state index in [9.17, 15) is 9.59 Å². The Hall–Kier alpha value is -3.89. The molecule has 1 atom stereocenters. The molecular formula is C32H41N3O7. The van der Waals surface area contributed by atoms with Crippen LogP contribution in [0.4, 0.5) is 0 Å². The van der Waals surface area contributed by atoms with E-state index in [1.807, 2.05) is 31.2 Å². The summed E-state index contributed by atoms with van der Waals surface area (Å²) in [5, 5.41) is 9.13. The Morgan fingerprint density at radius 3 is 2.60 bits per heavy atom. The molecule has 1 aliphatic heterocycles. The number of carbonyl (C=O) groups excluding carboxylic acids is 1. The second kappa shape index (κ2) is 14.3. The Morgan fingerprint density at radius 2 is 1.88 bits per heavy atom. The summed E-state index contributed by atoms with van der Waals surface area (Å²) in [6.45, 7) is 7.73. The molecule has 0 saturated carbocycles. The maximum atomic E-state index is 12.5. The number of hydrogen-bond donors (Lipinski definition) is 2. The van der Waals surface area contributed by atoms with Gasteiger partial charge in [0.05, 0.1) is 18.4 Å². The Morgan fingerprint density at radius 1 is 1.12 bits per heavy atom. The number of nitrogens with zero attached hydrogens (tertiary/aromatic N) is 2. The van der Waals surface area contributed by atoms with Crippen LogP contribution in [-0.4, -0.2) is 65.9 Å². The lowest BCUT2D eigenvalue weighted by atomic mass is 9.97. The number of carboxylic acids is 1. The molecule has 1 unspecified atom stereocenters. The third-order valence-corrected chi connectivity index (χ3v) is 7.22. The van der Waals surface area contributed by atoms with Gasteiger partial charge in [0.2, 0.25) is 5.89 Å². The summed E-state index contributed by atoms with van der Waals surface area (Å²) in [6.07, 6.45) is 2.54. The van der Waals surface area contributed by atoms with Crippen molar-refractivity contribution in [2.24, 2.45) is 5.73 Å². The SMILES string of the molecule is Cc1oc(-c2cccc(OC3CCN(C)CC3)c2)nc1CCOc1ccc(CCC(=O)O)c(C(N)C(=O)OC(C)C)c1. The second-order valence-electron chi connectivity index (χ2n) is 11.0. The van der Waals surface area contributed by atoms with Gasteiger partial charge in [-0.2, -0.15) is 0 Å². The number of esters is 1. The fraction of sp³-hybridized carbons (Fsp3) is 0.469. The number of ether oxygens (including phenoxy) is 3. The van der Waals surface area contributed by atoms with Gasteiger partial charge in [0.15, 0.2) is 0 Å². The molecule has 0 amide bonds. The molecule has 1 aromatic heterocycles. The van der Waals surface area contributed by atoms with E-state index in [1.165, 1.54) is 0 Å². The molecule has 1 saturated heterocycles. The van der Waals surface area contributed by atoms with Crippen molar-refractivity contribution in [3.63, 3.8) is 0 Å². The van der Waals surface area contributed by atoms with Crippen LogP contribution in [0.25, 0.3) is 11.5 Å². The summed E-state index contributed by atoms with van der Waals surface area (Å²) in [7, 11) is 2.13. The lowest BCUT2D eigenvalue weighted by Gasteiger charge is -2.29. The quantitative estimate of drug-likeness (QED) is 0.274. The van der Waals surface area contributed by atoms with E-state index in [-0.39, 0.29) is 25.0 Å². The number of likely N-dealkylation sites (tertiary alicyclic amines) is 1. The molecule has 3 N–H and O–H groups in total. The monoisotopic (exact) mass is 579 g/mol. The van der Waals surface area contributed by atoms with Crippen LogP contribution in [0.3, 0.4) is 0 Å². The van der Waals surface area contributed by atoms with Crippen molar-refractivity contribution >= 4 is 11.9 Å². The molecule has 3 aromatic rings. The summed E-state index contributed by atoms with van der Waals surface area (Å²) < 4.78 is 23.5. The molecule has 0 spiro atoms. The number of benzene rings is 2. The first kappa shape index (κ1) is 31.1. The summed E-state index contributed by atoms with van der Waals surface area (Å²) in [4.78, 5) is 30.7. The Bertz CT molecular complexity index is 1360. The number of aliphatic carboxylic acids is 1. The zero-order chi connectivity index (χ0) is 30.2. The smallest absolute Gasteiger partial charge is 0.327 e. The molecule has 10 nitrogen and oxygen atoms in total. The lowest BCUT2D eigenvalue weighted by Crippen LogP contribution is -2.35. The normalized spacial score (nSPS) is 15.0. The predicted molar refractivity (Wildman–Crippen MR) is 158 cm³/mol. The van der Waals surface area contributed by atoms with E-state index < -0.39 is 18.0 Å². The highest BCUT2D eigenvalue weighted by Gasteiger charge is 2.23. The van der Waals surface area contributed by atoms with Gasteiger partial charge in [-0.05, 0) is 88.5 Å². The fourth-order valence-corrected chi connectivity index (χ4v) is 4.90. The van der Waals surface area contributed by atoms with Gasteiger partial charge in [-0.25, -0.2) is 9.78 Å². The number of aromatic nitrogens is 1. The largest absolute Gasteiger partial charge is 0.493 e. The van der Waals surface area contributed by atoms with Crippen molar-refractivity contribution < 1.29 is 33.3 Å². The Balaban J connectivity index is 1.40. The molecule has 0 bridgehead atoms. The molecule has 4 rings (SSSR count). The minimum Gasteiger partial charge on any atom is -0.493 e. The first-order valence-electron chi connectivity index (χ1n) is 14.4. The molecule has 2 aromatic carbocycles. The number of carbonyl (C=O) groups is 2. The molecule has 10 heteroatoms. The zero-order valence-electron chi connectivity index (χ0n) is 24.8. The van der Waals surface area contributed by atoms with Crippen LogP contribution >= 0.6 is 0 Å². The van der Waals surface area contributed by atoms with Gasteiger partial charge in [-0.15, -0.1) is 0 Å². The minimum atomic E-state index is -1.06. The lowest BCUT2D eigenvalue weighted by molar-refractivity contribution is -0.149. The maximum Gasteiger partial charge on any atom is 0.327 e. The van der Waals surface area contributed by atoms with Gasteiger partial charge in [0.25, 0.3) is 0 Å². The predicted octanol–water partition coefficient (Wildman–Crippen LogP) is 4.71. The Labute approximate surface area is 246 Å². The average molecular weight is 580 g/mol. The highest BCUT2D eigenvalue weighted by Crippen LogP contribution is 2.28. The number of aryl methyl sites for hydroxylation is 2.